The van der Waals surface area contributed by atoms with Gasteiger partial charge in [0.05, 0.1) is 5.56 Å². The summed E-state index contributed by atoms with van der Waals surface area (Å²) >= 11 is 0. The molecule has 4 heteroatoms. The quantitative estimate of drug-likeness (QED) is 0.711. The van der Waals surface area contributed by atoms with Crippen molar-refractivity contribution in [3.8, 4) is 0 Å². The maximum absolute atomic E-state index is 11.2. The first-order valence-electron chi connectivity index (χ1n) is 6.99. The molecule has 0 aliphatic carbocycles. The van der Waals surface area contributed by atoms with Gasteiger partial charge >= 0.3 is 5.97 Å². The van der Waals surface area contributed by atoms with Gasteiger partial charge in [0.2, 0.25) is 0 Å². The van der Waals surface area contributed by atoms with Crippen molar-refractivity contribution in [3.05, 3.63) is 59.7 Å². The summed E-state index contributed by atoms with van der Waals surface area (Å²) in [7, 11) is 0. The number of carboxylic acids is 1. The Morgan fingerprint density at radius 1 is 1.24 bits per heavy atom. The van der Waals surface area contributed by atoms with E-state index >= 15 is 0 Å². The molecule has 110 valence electrons. The monoisotopic (exact) mass is 284 g/mol. The summed E-state index contributed by atoms with van der Waals surface area (Å²) in [6, 6.07) is 15.3. The van der Waals surface area contributed by atoms with E-state index in [1.807, 2.05) is 25.1 Å². The third-order valence-electron chi connectivity index (χ3n) is 3.38. The fourth-order valence-electron chi connectivity index (χ4n) is 2.23. The van der Waals surface area contributed by atoms with Crippen LogP contribution in [0.4, 0.5) is 11.4 Å². The van der Waals surface area contributed by atoms with Gasteiger partial charge in [0, 0.05) is 17.4 Å². The van der Waals surface area contributed by atoms with E-state index in [1.165, 1.54) is 11.6 Å². The van der Waals surface area contributed by atoms with Crippen molar-refractivity contribution in [3.63, 3.8) is 0 Å². The molecule has 1 atom stereocenters. The van der Waals surface area contributed by atoms with E-state index in [9.17, 15) is 9.90 Å². The molecule has 0 fully saturated rings. The summed E-state index contributed by atoms with van der Waals surface area (Å²) < 4.78 is 0. The summed E-state index contributed by atoms with van der Waals surface area (Å²) in [6.07, 6.45) is 1.87. The minimum absolute atomic E-state index is 0.173. The number of nitrogens with one attached hydrogen (secondary N) is 1. The maximum Gasteiger partial charge on any atom is 0.337 e. The Morgan fingerprint density at radius 3 is 2.62 bits per heavy atom. The summed E-state index contributed by atoms with van der Waals surface area (Å²) in [4.78, 5) is 11.2. The highest BCUT2D eigenvalue weighted by molar-refractivity contribution is 5.95. The topological polar surface area (TPSA) is 75.3 Å². The van der Waals surface area contributed by atoms with Gasteiger partial charge in [-0.3, -0.25) is 0 Å². The van der Waals surface area contributed by atoms with Gasteiger partial charge in [-0.1, -0.05) is 30.3 Å². The summed E-state index contributed by atoms with van der Waals surface area (Å²) in [5, 5.41) is 12.5. The number of aryl methyl sites for hydroxylation is 1. The van der Waals surface area contributed by atoms with Crippen molar-refractivity contribution in [1.82, 2.24) is 0 Å². The first-order valence-corrected chi connectivity index (χ1v) is 6.99. The molecule has 0 saturated heterocycles. The minimum atomic E-state index is -0.972. The van der Waals surface area contributed by atoms with Gasteiger partial charge in [0.25, 0.3) is 0 Å². The van der Waals surface area contributed by atoms with Crippen molar-refractivity contribution in [1.29, 1.82) is 0 Å². The molecule has 0 spiro atoms. The molecule has 0 saturated carbocycles. The van der Waals surface area contributed by atoms with Gasteiger partial charge in [-0.05, 0) is 43.5 Å². The fourth-order valence-corrected chi connectivity index (χ4v) is 2.23. The Labute approximate surface area is 124 Å². The number of carboxylic acid groups (broad SMARTS) is 1. The zero-order valence-electron chi connectivity index (χ0n) is 12.0. The van der Waals surface area contributed by atoms with Crippen molar-refractivity contribution in [2.45, 2.75) is 25.8 Å². The number of carbonyl (C=O) groups is 1. The normalized spacial score (nSPS) is 11.9. The van der Waals surface area contributed by atoms with Crippen molar-refractivity contribution in [2.75, 3.05) is 11.1 Å². The standard InChI is InChI=1S/C17H20N2O2/c1-12(7-8-13-5-3-2-4-6-13)19-16-10-9-14(18)11-15(16)17(20)21/h2-6,9-12,19H,7-8,18H2,1H3,(H,20,21)/t12-/m0/s1. The smallest absolute Gasteiger partial charge is 0.337 e. The van der Waals surface area contributed by atoms with Crippen molar-refractivity contribution in [2.24, 2.45) is 0 Å². The molecule has 2 aromatic rings. The Balaban J connectivity index is 1.99. The molecular formula is C17H20N2O2. The van der Waals surface area contributed by atoms with Crippen LogP contribution in [0.5, 0.6) is 0 Å². The molecule has 21 heavy (non-hydrogen) atoms. The lowest BCUT2D eigenvalue weighted by molar-refractivity contribution is 0.0698. The Hall–Kier alpha value is -2.49. The molecule has 0 amide bonds. The van der Waals surface area contributed by atoms with E-state index in [0.29, 0.717) is 11.4 Å². The molecule has 0 aliphatic rings. The predicted molar refractivity (Wildman–Crippen MR) is 85.7 cm³/mol. The van der Waals surface area contributed by atoms with E-state index in [1.54, 1.807) is 12.1 Å². The van der Waals surface area contributed by atoms with Crippen LogP contribution in [0.3, 0.4) is 0 Å². The highest BCUT2D eigenvalue weighted by Gasteiger charge is 2.12. The number of nitrogens with two attached hydrogens (primary N) is 1. The molecule has 2 rings (SSSR count). The van der Waals surface area contributed by atoms with Gasteiger partial charge in [-0.25, -0.2) is 4.79 Å². The second kappa shape index (κ2) is 6.79. The molecule has 2 aromatic carbocycles. The first-order chi connectivity index (χ1) is 10.1. The Bertz CT molecular complexity index is 611. The third-order valence-corrected chi connectivity index (χ3v) is 3.38. The fraction of sp³-hybridized carbons (Fsp3) is 0.235. The minimum Gasteiger partial charge on any atom is -0.478 e. The number of aromatic carboxylic acids is 1. The molecule has 0 aliphatic heterocycles. The van der Waals surface area contributed by atoms with Crippen LogP contribution in [0.2, 0.25) is 0 Å². The highest BCUT2D eigenvalue weighted by atomic mass is 16.4. The van der Waals surface area contributed by atoms with Gasteiger partial charge < -0.3 is 16.2 Å². The van der Waals surface area contributed by atoms with Crippen LogP contribution in [0, 0.1) is 0 Å². The number of hydrogen-bond donors (Lipinski definition) is 3. The SMILES string of the molecule is C[C@@H](CCc1ccccc1)Nc1ccc(N)cc1C(=O)O. The third kappa shape index (κ3) is 4.24. The summed E-state index contributed by atoms with van der Waals surface area (Å²) in [5.74, 6) is -0.972. The van der Waals surface area contributed by atoms with Crippen LogP contribution in [-0.2, 0) is 6.42 Å². The van der Waals surface area contributed by atoms with E-state index in [4.69, 9.17) is 5.73 Å². The van der Waals surface area contributed by atoms with Crippen molar-refractivity contribution < 1.29 is 9.90 Å². The van der Waals surface area contributed by atoms with Crippen molar-refractivity contribution >= 4 is 17.3 Å². The van der Waals surface area contributed by atoms with E-state index in [2.05, 4.69) is 17.4 Å². The van der Waals surface area contributed by atoms with Gasteiger partial charge in [-0.15, -0.1) is 0 Å². The van der Waals surface area contributed by atoms with E-state index in [0.717, 1.165) is 12.8 Å². The number of benzene rings is 2. The highest BCUT2D eigenvalue weighted by Crippen LogP contribution is 2.20. The molecule has 4 N–H and O–H groups in total. The lowest BCUT2D eigenvalue weighted by Gasteiger charge is -2.17. The van der Waals surface area contributed by atoms with Crippen LogP contribution in [-0.4, -0.2) is 17.1 Å². The molecule has 4 nitrogen and oxygen atoms in total. The predicted octanol–water partition coefficient (Wildman–Crippen LogP) is 3.40. The van der Waals surface area contributed by atoms with Crippen LogP contribution < -0.4 is 11.1 Å². The Morgan fingerprint density at radius 2 is 1.95 bits per heavy atom. The number of hydrogen-bond acceptors (Lipinski definition) is 3. The van der Waals surface area contributed by atoms with E-state index in [-0.39, 0.29) is 11.6 Å². The molecule has 0 radical (unpaired) electrons. The summed E-state index contributed by atoms with van der Waals surface area (Å²) in [5.41, 5.74) is 8.19. The second-order valence-electron chi connectivity index (χ2n) is 5.18. The molecular weight excluding hydrogens is 264 g/mol. The molecule has 0 unspecified atom stereocenters. The summed E-state index contributed by atoms with van der Waals surface area (Å²) in [6.45, 7) is 2.05. The number of nitrogen functional groups attached to an aromatic ring is 1. The maximum atomic E-state index is 11.2. The zero-order chi connectivity index (χ0) is 15.2. The van der Waals surface area contributed by atoms with Crippen LogP contribution in [0.1, 0.15) is 29.3 Å². The average Bonchev–Trinajstić information content (AvgIpc) is 2.48. The number of rotatable bonds is 6. The van der Waals surface area contributed by atoms with Crippen LogP contribution in [0.15, 0.2) is 48.5 Å². The van der Waals surface area contributed by atoms with Gasteiger partial charge in [0.15, 0.2) is 0 Å². The van der Waals surface area contributed by atoms with Gasteiger partial charge in [-0.2, -0.15) is 0 Å². The van der Waals surface area contributed by atoms with Crippen LogP contribution >= 0.6 is 0 Å². The second-order valence-corrected chi connectivity index (χ2v) is 5.18. The van der Waals surface area contributed by atoms with Gasteiger partial charge in [0.1, 0.15) is 0 Å². The lowest BCUT2D eigenvalue weighted by Crippen LogP contribution is -2.18. The lowest BCUT2D eigenvalue weighted by atomic mass is 10.1. The largest absolute Gasteiger partial charge is 0.478 e. The number of anilines is 2. The van der Waals surface area contributed by atoms with Crippen LogP contribution in [0.25, 0.3) is 0 Å². The first kappa shape index (κ1) is 14.9. The zero-order valence-corrected chi connectivity index (χ0v) is 12.0. The van der Waals surface area contributed by atoms with E-state index < -0.39 is 5.97 Å². The molecule has 0 aromatic heterocycles. The molecule has 0 bridgehead atoms. The Kier molecular flexibility index (Phi) is 4.82. The molecule has 0 heterocycles. The average molecular weight is 284 g/mol.